The van der Waals surface area contributed by atoms with Crippen molar-refractivity contribution in [3.05, 3.63) is 64.5 Å². The molecule has 2 rings (SSSR count). The van der Waals surface area contributed by atoms with Gasteiger partial charge in [0.15, 0.2) is 6.10 Å². The van der Waals surface area contributed by atoms with E-state index in [1.54, 1.807) is 18.2 Å². The highest BCUT2D eigenvalue weighted by atomic mass is 32.2. The van der Waals surface area contributed by atoms with Crippen LogP contribution in [-0.4, -0.2) is 26.3 Å². The number of carbonyl (C=O) groups excluding carboxylic acids is 2. The number of hydrogen-bond donors (Lipinski definition) is 1. The van der Waals surface area contributed by atoms with Gasteiger partial charge in [0.05, 0.1) is 10.5 Å². The number of benzene rings is 2. The summed E-state index contributed by atoms with van der Waals surface area (Å²) in [7, 11) is -4.11. The van der Waals surface area contributed by atoms with E-state index < -0.39 is 44.2 Å². The van der Waals surface area contributed by atoms with Gasteiger partial charge in [-0.3, -0.25) is 4.79 Å². The molecule has 0 aliphatic carbocycles. The second-order valence-corrected chi connectivity index (χ2v) is 7.46. The molecule has 0 amide bonds. The molecule has 0 aliphatic heterocycles. The van der Waals surface area contributed by atoms with E-state index >= 15 is 0 Å². The van der Waals surface area contributed by atoms with Crippen LogP contribution in [0.15, 0.2) is 41.3 Å². The summed E-state index contributed by atoms with van der Waals surface area (Å²) in [5.41, 5.74) is 1.65. The largest absolute Gasteiger partial charge is 0.451 e. The number of Topliss-reactive ketones (excluding diaryl/α,β-unsaturated/α-hetero) is 1. The van der Waals surface area contributed by atoms with Gasteiger partial charge in [-0.25, -0.2) is 22.7 Å². The average molecular weight is 379 g/mol. The molecule has 1 atom stereocenters. The monoisotopic (exact) mass is 379 g/mol. The van der Waals surface area contributed by atoms with Crippen LogP contribution in [0.1, 0.15) is 38.8 Å². The number of nitrogens with two attached hydrogens (primary N) is 1. The number of ketones is 1. The third kappa shape index (κ3) is 4.33. The second-order valence-electron chi connectivity index (χ2n) is 5.90. The predicted octanol–water partition coefficient (Wildman–Crippen LogP) is 2.52. The van der Waals surface area contributed by atoms with Crippen molar-refractivity contribution in [2.45, 2.75) is 31.8 Å². The van der Waals surface area contributed by atoms with Gasteiger partial charge in [-0.15, -0.1) is 0 Å². The van der Waals surface area contributed by atoms with Crippen molar-refractivity contribution < 1.29 is 27.1 Å². The highest BCUT2D eigenvalue weighted by Gasteiger charge is 2.24. The van der Waals surface area contributed by atoms with Crippen LogP contribution in [0.25, 0.3) is 0 Å². The number of rotatable bonds is 5. The Labute approximate surface area is 150 Å². The van der Waals surface area contributed by atoms with E-state index in [4.69, 9.17) is 9.88 Å². The number of esters is 1. The number of primary sulfonamides is 1. The molecular formula is C18H18FNO5S. The molecular weight excluding hydrogens is 361 g/mol. The first-order valence-electron chi connectivity index (χ1n) is 7.65. The zero-order chi connectivity index (χ0) is 19.6. The maximum absolute atomic E-state index is 13.9. The maximum atomic E-state index is 13.9. The lowest BCUT2D eigenvalue weighted by Crippen LogP contribution is -2.25. The fraction of sp³-hybridized carbons (Fsp3) is 0.222. The Morgan fingerprint density at radius 3 is 2.31 bits per heavy atom. The SMILES string of the molecule is Cc1ccc(C(=O)C(C)OC(=O)c2cc(S(N)(=O)=O)ccc2F)cc1C. The quantitative estimate of drug-likeness (QED) is 0.635. The Morgan fingerprint density at radius 2 is 1.73 bits per heavy atom. The molecule has 0 radical (unpaired) electrons. The zero-order valence-electron chi connectivity index (χ0n) is 14.4. The lowest BCUT2D eigenvalue weighted by Gasteiger charge is -2.14. The molecule has 6 nitrogen and oxygen atoms in total. The molecule has 0 aromatic heterocycles. The molecule has 2 aromatic carbocycles. The van der Waals surface area contributed by atoms with Gasteiger partial charge in [0.1, 0.15) is 5.82 Å². The molecule has 1 unspecified atom stereocenters. The molecule has 0 fully saturated rings. The molecule has 0 heterocycles. The van der Waals surface area contributed by atoms with Gasteiger partial charge in [-0.2, -0.15) is 0 Å². The van der Waals surface area contributed by atoms with Gasteiger partial charge < -0.3 is 4.74 Å². The Kier molecular flexibility index (Phi) is 5.58. The number of carbonyl (C=O) groups is 2. The Bertz CT molecular complexity index is 985. The van der Waals surface area contributed by atoms with E-state index in [-0.39, 0.29) is 0 Å². The third-order valence-electron chi connectivity index (χ3n) is 3.93. The number of hydrogen-bond acceptors (Lipinski definition) is 5. The van der Waals surface area contributed by atoms with Crippen LogP contribution in [0.5, 0.6) is 0 Å². The van der Waals surface area contributed by atoms with Crippen molar-refractivity contribution in [1.29, 1.82) is 0 Å². The fourth-order valence-electron chi connectivity index (χ4n) is 2.24. The summed E-state index contributed by atoms with van der Waals surface area (Å²) in [6.45, 7) is 5.10. The van der Waals surface area contributed by atoms with Crippen LogP contribution in [0.4, 0.5) is 4.39 Å². The predicted molar refractivity (Wildman–Crippen MR) is 92.9 cm³/mol. The van der Waals surface area contributed by atoms with Gasteiger partial charge in [-0.1, -0.05) is 12.1 Å². The van der Waals surface area contributed by atoms with Crippen molar-refractivity contribution in [2.24, 2.45) is 5.14 Å². The van der Waals surface area contributed by atoms with E-state index in [2.05, 4.69) is 0 Å². The highest BCUT2D eigenvalue weighted by molar-refractivity contribution is 7.89. The Morgan fingerprint density at radius 1 is 1.08 bits per heavy atom. The Hall–Kier alpha value is -2.58. The molecule has 0 saturated carbocycles. The lowest BCUT2D eigenvalue weighted by atomic mass is 10.0. The summed E-state index contributed by atoms with van der Waals surface area (Å²) in [6, 6.07) is 7.56. The van der Waals surface area contributed by atoms with Crippen molar-refractivity contribution in [1.82, 2.24) is 0 Å². The summed E-state index contributed by atoms with van der Waals surface area (Å²) < 4.78 is 41.6. The highest BCUT2D eigenvalue weighted by Crippen LogP contribution is 2.17. The molecule has 26 heavy (non-hydrogen) atoms. The first-order valence-corrected chi connectivity index (χ1v) is 9.20. The third-order valence-corrected chi connectivity index (χ3v) is 4.84. The van der Waals surface area contributed by atoms with Crippen molar-refractivity contribution >= 4 is 21.8 Å². The fourth-order valence-corrected chi connectivity index (χ4v) is 2.78. The molecule has 0 aliphatic rings. The Balaban J connectivity index is 2.23. The van der Waals surface area contributed by atoms with E-state index in [1.807, 2.05) is 13.8 Å². The normalized spacial score (nSPS) is 12.5. The molecule has 138 valence electrons. The molecule has 2 aromatic rings. The van der Waals surface area contributed by atoms with Gasteiger partial charge in [0.25, 0.3) is 0 Å². The standard InChI is InChI=1S/C18H18FNO5S/c1-10-4-5-13(8-11(10)2)17(21)12(3)25-18(22)15-9-14(26(20,23)24)6-7-16(15)19/h4-9,12H,1-3H3,(H2,20,23,24). The summed E-state index contributed by atoms with van der Waals surface area (Å²) in [5, 5.41) is 4.97. The van der Waals surface area contributed by atoms with Crippen LogP contribution in [0, 0.1) is 19.7 Å². The molecule has 0 bridgehead atoms. The van der Waals surface area contributed by atoms with E-state index in [0.29, 0.717) is 5.56 Å². The number of halogens is 1. The van der Waals surface area contributed by atoms with Gasteiger partial charge in [0.2, 0.25) is 15.8 Å². The zero-order valence-corrected chi connectivity index (χ0v) is 15.3. The molecule has 0 spiro atoms. The average Bonchev–Trinajstić information content (AvgIpc) is 2.55. The summed E-state index contributed by atoms with van der Waals surface area (Å²) in [6.07, 6.45) is -1.18. The molecule has 8 heteroatoms. The minimum Gasteiger partial charge on any atom is -0.451 e. The number of aryl methyl sites for hydroxylation is 2. The van der Waals surface area contributed by atoms with Crippen molar-refractivity contribution in [2.75, 3.05) is 0 Å². The topological polar surface area (TPSA) is 104 Å². The van der Waals surface area contributed by atoms with E-state index in [1.165, 1.54) is 6.92 Å². The van der Waals surface area contributed by atoms with Gasteiger partial charge >= 0.3 is 5.97 Å². The smallest absolute Gasteiger partial charge is 0.341 e. The van der Waals surface area contributed by atoms with Crippen molar-refractivity contribution in [3.63, 3.8) is 0 Å². The van der Waals surface area contributed by atoms with Gasteiger partial charge in [0, 0.05) is 5.56 Å². The molecule has 0 saturated heterocycles. The van der Waals surface area contributed by atoms with Crippen LogP contribution in [0.2, 0.25) is 0 Å². The van der Waals surface area contributed by atoms with Gasteiger partial charge in [-0.05, 0) is 56.2 Å². The number of ether oxygens (including phenoxy) is 1. The lowest BCUT2D eigenvalue weighted by molar-refractivity contribution is 0.0314. The first kappa shape index (κ1) is 19.7. The van der Waals surface area contributed by atoms with Crippen LogP contribution in [-0.2, 0) is 14.8 Å². The second kappa shape index (κ2) is 7.35. The van der Waals surface area contributed by atoms with Crippen molar-refractivity contribution in [3.8, 4) is 0 Å². The maximum Gasteiger partial charge on any atom is 0.341 e. The van der Waals surface area contributed by atoms with Crippen LogP contribution < -0.4 is 5.14 Å². The number of sulfonamides is 1. The first-order chi connectivity index (χ1) is 12.0. The van der Waals surface area contributed by atoms with Crippen LogP contribution in [0.3, 0.4) is 0 Å². The summed E-state index contributed by atoms with van der Waals surface area (Å²) >= 11 is 0. The van der Waals surface area contributed by atoms with Crippen LogP contribution >= 0.6 is 0 Å². The minimum atomic E-state index is -4.11. The van der Waals surface area contributed by atoms with E-state index in [9.17, 15) is 22.4 Å². The van der Waals surface area contributed by atoms with E-state index in [0.717, 1.165) is 29.3 Å². The minimum absolute atomic E-state index is 0.354. The molecule has 2 N–H and O–H groups in total. The summed E-state index contributed by atoms with van der Waals surface area (Å²) in [4.78, 5) is 24.1. The summed E-state index contributed by atoms with van der Waals surface area (Å²) in [5.74, 6) is -2.59.